The standard InChI is InChI=1S/C21H19ClN2O3/c1-14-6-8-19(15(2)10-14)26-13-21(25)24-23-12-18-7-9-20(27-18)16-4-3-5-17(22)11-16/h3-12H,13H2,1-2H3,(H,24,25)/b23-12-. The molecule has 0 aliphatic heterocycles. The molecule has 0 bridgehead atoms. The lowest BCUT2D eigenvalue weighted by atomic mass is 10.1. The molecule has 0 atom stereocenters. The van der Waals surface area contributed by atoms with Crippen LogP contribution < -0.4 is 10.2 Å². The Labute approximate surface area is 162 Å². The van der Waals surface area contributed by atoms with Crippen LogP contribution in [0.4, 0.5) is 0 Å². The van der Waals surface area contributed by atoms with Gasteiger partial charge in [0.05, 0.1) is 6.21 Å². The van der Waals surface area contributed by atoms with E-state index >= 15 is 0 Å². The molecule has 0 saturated carbocycles. The van der Waals surface area contributed by atoms with Crippen LogP contribution in [0.25, 0.3) is 11.3 Å². The minimum atomic E-state index is -0.354. The van der Waals surface area contributed by atoms with E-state index in [1.54, 1.807) is 12.1 Å². The number of amides is 1. The van der Waals surface area contributed by atoms with Gasteiger partial charge in [-0.25, -0.2) is 5.43 Å². The van der Waals surface area contributed by atoms with Crippen molar-refractivity contribution in [1.29, 1.82) is 0 Å². The van der Waals surface area contributed by atoms with Gasteiger partial charge in [-0.1, -0.05) is 41.4 Å². The first-order valence-electron chi connectivity index (χ1n) is 8.39. The molecule has 1 heterocycles. The molecular weight excluding hydrogens is 364 g/mol. The molecule has 6 heteroatoms. The van der Waals surface area contributed by atoms with E-state index in [9.17, 15) is 4.79 Å². The fourth-order valence-electron chi connectivity index (χ4n) is 2.52. The summed E-state index contributed by atoms with van der Waals surface area (Å²) in [6.45, 7) is 3.82. The van der Waals surface area contributed by atoms with Crippen molar-refractivity contribution in [3.63, 3.8) is 0 Å². The minimum absolute atomic E-state index is 0.118. The summed E-state index contributed by atoms with van der Waals surface area (Å²) in [4.78, 5) is 11.9. The lowest BCUT2D eigenvalue weighted by molar-refractivity contribution is -0.123. The Bertz CT molecular complexity index is 979. The van der Waals surface area contributed by atoms with Crippen molar-refractivity contribution in [1.82, 2.24) is 5.43 Å². The van der Waals surface area contributed by atoms with Crippen LogP contribution in [0.15, 0.2) is 64.1 Å². The molecule has 5 nitrogen and oxygen atoms in total. The maximum Gasteiger partial charge on any atom is 0.277 e. The van der Waals surface area contributed by atoms with Gasteiger partial charge in [0.1, 0.15) is 17.3 Å². The van der Waals surface area contributed by atoms with Crippen molar-refractivity contribution < 1.29 is 13.9 Å². The van der Waals surface area contributed by atoms with E-state index < -0.39 is 0 Å². The summed E-state index contributed by atoms with van der Waals surface area (Å²) in [7, 11) is 0. The largest absolute Gasteiger partial charge is 0.483 e. The number of nitrogens with one attached hydrogen (secondary N) is 1. The van der Waals surface area contributed by atoms with Crippen molar-refractivity contribution >= 4 is 23.7 Å². The van der Waals surface area contributed by atoms with Gasteiger partial charge in [-0.2, -0.15) is 5.10 Å². The van der Waals surface area contributed by atoms with Gasteiger partial charge in [-0.05, 0) is 49.7 Å². The second-order valence-electron chi connectivity index (χ2n) is 6.06. The van der Waals surface area contributed by atoms with Crippen LogP contribution in [0.5, 0.6) is 5.75 Å². The van der Waals surface area contributed by atoms with Crippen LogP contribution in [-0.2, 0) is 4.79 Å². The number of halogens is 1. The number of hydrazone groups is 1. The van der Waals surface area contributed by atoms with Gasteiger partial charge in [-0.3, -0.25) is 4.79 Å². The van der Waals surface area contributed by atoms with Crippen molar-refractivity contribution in [3.8, 4) is 17.1 Å². The Kier molecular flexibility index (Phi) is 5.94. The summed E-state index contributed by atoms with van der Waals surface area (Å²) in [6.07, 6.45) is 1.43. The highest BCUT2D eigenvalue weighted by molar-refractivity contribution is 6.30. The molecule has 3 aromatic rings. The highest BCUT2D eigenvalue weighted by Gasteiger charge is 2.06. The Morgan fingerprint density at radius 1 is 1.19 bits per heavy atom. The van der Waals surface area contributed by atoms with Gasteiger partial charge >= 0.3 is 0 Å². The third-order valence-corrected chi connectivity index (χ3v) is 4.04. The molecule has 0 aliphatic carbocycles. The van der Waals surface area contributed by atoms with Crippen LogP contribution in [0.3, 0.4) is 0 Å². The molecule has 1 amide bonds. The van der Waals surface area contributed by atoms with Gasteiger partial charge in [0.15, 0.2) is 6.61 Å². The molecule has 3 rings (SSSR count). The number of rotatable bonds is 6. The summed E-state index contributed by atoms with van der Waals surface area (Å²) in [5, 5.41) is 4.53. The Morgan fingerprint density at radius 2 is 2.04 bits per heavy atom. The number of carbonyl (C=O) groups is 1. The van der Waals surface area contributed by atoms with E-state index in [1.165, 1.54) is 6.21 Å². The van der Waals surface area contributed by atoms with Crippen LogP contribution in [0.2, 0.25) is 5.02 Å². The maximum absolute atomic E-state index is 11.9. The van der Waals surface area contributed by atoms with Crippen molar-refractivity contribution in [3.05, 3.63) is 76.5 Å². The Morgan fingerprint density at radius 3 is 2.81 bits per heavy atom. The second kappa shape index (κ2) is 8.56. The van der Waals surface area contributed by atoms with Crippen LogP contribution in [0, 0.1) is 13.8 Å². The van der Waals surface area contributed by atoms with Gasteiger partial charge < -0.3 is 9.15 Å². The van der Waals surface area contributed by atoms with E-state index in [-0.39, 0.29) is 12.5 Å². The molecule has 0 unspecified atom stereocenters. The normalized spacial score (nSPS) is 10.9. The average Bonchev–Trinajstić information content (AvgIpc) is 3.10. The average molecular weight is 383 g/mol. The van der Waals surface area contributed by atoms with E-state index in [4.69, 9.17) is 20.8 Å². The van der Waals surface area contributed by atoms with Crippen LogP contribution in [-0.4, -0.2) is 18.7 Å². The van der Waals surface area contributed by atoms with E-state index in [0.717, 1.165) is 16.7 Å². The summed E-state index contributed by atoms with van der Waals surface area (Å²) in [6, 6.07) is 16.7. The maximum atomic E-state index is 11.9. The summed E-state index contributed by atoms with van der Waals surface area (Å²) >= 11 is 5.98. The van der Waals surface area contributed by atoms with Gasteiger partial charge in [0, 0.05) is 10.6 Å². The number of ether oxygens (including phenoxy) is 1. The van der Waals surface area contributed by atoms with Gasteiger partial charge in [-0.15, -0.1) is 0 Å². The zero-order valence-electron chi connectivity index (χ0n) is 15.0. The number of carbonyl (C=O) groups excluding carboxylic acids is 1. The number of benzene rings is 2. The topological polar surface area (TPSA) is 63.8 Å². The molecule has 138 valence electrons. The van der Waals surface area contributed by atoms with Crippen LogP contribution in [0.1, 0.15) is 16.9 Å². The molecule has 0 aliphatic rings. The quantitative estimate of drug-likeness (QED) is 0.494. The third-order valence-electron chi connectivity index (χ3n) is 3.81. The zero-order chi connectivity index (χ0) is 19.2. The van der Waals surface area contributed by atoms with E-state index in [2.05, 4.69) is 10.5 Å². The molecule has 0 radical (unpaired) electrons. The number of aryl methyl sites for hydroxylation is 2. The third kappa shape index (κ3) is 5.21. The monoisotopic (exact) mass is 382 g/mol. The fourth-order valence-corrected chi connectivity index (χ4v) is 2.71. The van der Waals surface area contributed by atoms with Crippen LogP contribution >= 0.6 is 11.6 Å². The van der Waals surface area contributed by atoms with E-state index in [0.29, 0.717) is 22.3 Å². The first kappa shape index (κ1) is 18.7. The number of nitrogens with zero attached hydrogens (tertiary/aromatic N) is 1. The SMILES string of the molecule is Cc1ccc(OCC(=O)N/N=C\c2ccc(-c3cccc(Cl)c3)o2)c(C)c1. The molecule has 27 heavy (non-hydrogen) atoms. The lowest BCUT2D eigenvalue weighted by Crippen LogP contribution is -2.24. The van der Waals surface area contributed by atoms with Gasteiger partial charge in [0.25, 0.3) is 5.91 Å². The summed E-state index contributed by atoms with van der Waals surface area (Å²) < 4.78 is 11.2. The number of hydrogen-bond acceptors (Lipinski definition) is 4. The van der Waals surface area contributed by atoms with Gasteiger partial charge in [0.2, 0.25) is 0 Å². The number of furan rings is 1. The second-order valence-corrected chi connectivity index (χ2v) is 6.50. The number of hydrogen-bond donors (Lipinski definition) is 1. The predicted molar refractivity (Wildman–Crippen MR) is 106 cm³/mol. The first-order valence-corrected chi connectivity index (χ1v) is 8.77. The molecule has 0 fully saturated rings. The van der Waals surface area contributed by atoms with Crippen molar-refractivity contribution in [2.75, 3.05) is 6.61 Å². The molecular formula is C21H19ClN2O3. The van der Waals surface area contributed by atoms with E-state index in [1.807, 2.05) is 56.3 Å². The minimum Gasteiger partial charge on any atom is -0.483 e. The summed E-state index contributed by atoms with van der Waals surface area (Å²) in [5.74, 6) is 1.51. The molecule has 1 N–H and O–H groups in total. The van der Waals surface area contributed by atoms with Crippen molar-refractivity contribution in [2.24, 2.45) is 5.10 Å². The Balaban J connectivity index is 1.52. The highest BCUT2D eigenvalue weighted by atomic mass is 35.5. The fraction of sp³-hybridized carbons (Fsp3) is 0.143. The highest BCUT2D eigenvalue weighted by Crippen LogP contribution is 2.24. The zero-order valence-corrected chi connectivity index (χ0v) is 15.8. The molecule has 0 spiro atoms. The molecule has 1 aromatic heterocycles. The smallest absolute Gasteiger partial charge is 0.277 e. The predicted octanol–water partition coefficient (Wildman–Crippen LogP) is 4.75. The summed E-state index contributed by atoms with van der Waals surface area (Å²) in [5.41, 5.74) is 5.41. The molecule has 0 saturated heterocycles. The van der Waals surface area contributed by atoms with Crippen molar-refractivity contribution in [2.45, 2.75) is 13.8 Å². The Hall–Kier alpha value is -3.05. The first-order chi connectivity index (χ1) is 13.0. The lowest BCUT2D eigenvalue weighted by Gasteiger charge is -2.08. The molecule has 2 aromatic carbocycles.